The second-order valence-electron chi connectivity index (χ2n) is 6.27. The van der Waals surface area contributed by atoms with E-state index in [1.54, 1.807) is 12.1 Å². The molecule has 1 amide bonds. The molecule has 1 aliphatic heterocycles. The number of aromatic hydroxyl groups is 1. The number of phenols is 1. The van der Waals surface area contributed by atoms with E-state index in [0.717, 1.165) is 27.9 Å². The summed E-state index contributed by atoms with van der Waals surface area (Å²) in [6, 6.07) is 13.0. The van der Waals surface area contributed by atoms with Crippen molar-refractivity contribution in [3.8, 4) is 16.9 Å². The highest BCUT2D eigenvalue weighted by atomic mass is 16.3. The molecule has 25 heavy (non-hydrogen) atoms. The van der Waals surface area contributed by atoms with Crippen LogP contribution in [0.4, 0.5) is 5.69 Å². The quantitative estimate of drug-likeness (QED) is 0.478. The van der Waals surface area contributed by atoms with Crippen LogP contribution in [-0.2, 0) is 4.79 Å². The number of aryl methyl sites for hydroxylation is 1. The highest BCUT2D eigenvalue weighted by molar-refractivity contribution is 6.36. The molecule has 0 aliphatic carbocycles. The first-order valence-corrected chi connectivity index (χ1v) is 8.15. The fraction of sp³-hybridized carbons (Fsp3) is 0.0952. The number of hydrogen-bond donors (Lipinski definition) is 3. The SMILES string of the molecule is Cc1c[nH]c(/C=C2\C(=O)Nc3ccc(O)c(-c4ccccc4)c32)c1C. The molecule has 124 valence electrons. The highest BCUT2D eigenvalue weighted by Gasteiger charge is 2.29. The molecule has 2 heterocycles. The van der Waals surface area contributed by atoms with E-state index in [1.807, 2.05) is 56.5 Å². The summed E-state index contributed by atoms with van der Waals surface area (Å²) in [5.74, 6) is -0.00354. The van der Waals surface area contributed by atoms with Gasteiger partial charge in [0.05, 0.1) is 5.57 Å². The third-order valence-electron chi connectivity index (χ3n) is 4.74. The second kappa shape index (κ2) is 5.67. The molecule has 0 atom stereocenters. The number of carbonyl (C=O) groups excluding carboxylic acids is 1. The van der Waals surface area contributed by atoms with Crippen molar-refractivity contribution in [3.63, 3.8) is 0 Å². The minimum Gasteiger partial charge on any atom is -0.507 e. The summed E-state index contributed by atoms with van der Waals surface area (Å²) in [7, 11) is 0. The summed E-state index contributed by atoms with van der Waals surface area (Å²) in [5, 5.41) is 13.4. The van der Waals surface area contributed by atoms with E-state index < -0.39 is 0 Å². The van der Waals surface area contributed by atoms with Crippen molar-refractivity contribution in [2.45, 2.75) is 13.8 Å². The molecular weight excluding hydrogens is 312 g/mol. The van der Waals surface area contributed by atoms with E-state index in [2.05, 4.69) is 10.3 Å². The first-order valence-electron chi connectivity index (χ1n) is 8.15. The van der Waals surface area contributed by atoms with Crippen molar-refractivity contribution in [2.75, 3.05) is 5.32 Å². The number of benzene rings is 2. The van der Waals surface area contributed by atoms with E-state index in [1.165, 1.54) is 0 Å². The minimum absolute atomic E-state index is 0.159. The maximum Gasteiger partial charge on any atom is 0.256 e. The molecular formula is C21H18N2O2. The summed E-state index contributed by atoms with van der Waals surface area (Å²) < 4.78 is 0. The van der Waals surface area contributed by atoms with Crippen LogP contribution in [0.1, 0.15) is 22.4 Å². The van der Waals surface area contributed by atoms with Gasteiger partial charge in [-0.05, 0) is 48.7 Å². The summed E-state index contributed by atoms with van der Waals surface area (Å²) in [6.45, 7) is 4.05. The molecule has 4 nitrogen and oxygen atoms in total. The predicted molar refractivity (Wildman–Crippen MR) is 100 cm³/mol. The van der Waals surface area contributed by atoms with Crippen LogP contribution in [0.5, 0.6) is 5.75 Å². The van der Waals surface area contributed by atoms with Gasteiger partial charge in [0.15, 0.2) is 0 Å². The Morgan fingerprint density at radius 1 is 1.00 bits per heavy atom. The van der Waals surface area contributed by atoms with Gasteiger partial charge < -0.3 is 15.4 Å². The van der Waals surface area contributed by atoms with Crippen molar-refractivity contribution in [3.05, 3.63) is 71.0 Å². The van der Waals surface area contributed by atoms with Gasteiger partial charge in [-0.3, -0.25) is 4.79 Å². The van der Waals surface area contributed by atoms with Gasteiger partial charge in [-0.2, -0.15) is 0 Å². The van der Waals surface area contributed by atoms with Crippen molar-refractivity contribution in [2.24, 2.45) is 0 Å². The molecule has 2 aromatic carbocycles. The molecule has 3 N–H and O–H groups in total. The van der Waals surface area contributed by atoms with Gasteiger partial charge in [0.1, 0.15) is 5.75 Å². The Balaban J connectivity index is 1.97. The fourth-order valence-corrected chi connectivity index (χ4v) is 3.22. The summed E-state index contributed by atoms with van der Waals surface area (Å²) in [5.41, 5.74) is 6.70. The standard InChI is InChI=1S/C21H18N2O2/c1-12-11-22-17(13(12)2)10-15-20-16(23-21(15)25)8-9-18(24)19(20)14-6-4-3-5-7-14/h3-11,22,24H,1-2H3,(H,23,25)/b15-10-. The van der Waals surface area contributed by atoms with Crippen LogP contribution in [0.15, 0.2) is 48.7 Å². The van der Waals surface area contributed by atoms with Crippen LogP contribution in [0.25, 0.3) is 22.8 Å². The number of carbonyl (C=O) groups is 1. The van der Waals surface area contributed by atoms with Crippen molar-refractivity contribution >= 4 is 23.2 Å². The topological polar surface area (TPSA) is 65.1 Å². The van der Waals surface area contributed by atoms with Crippen LogP contribution in [0.2, 0.25) is 0 Å². The number of H-pyrrole nitrogens is 1. The molecule has 0 spiro atoms. The molecule has 4 rings (SSSR count). The average molecular weight is 330 g/mol. The molecule has 3 aromatic rings. The fourth-order valence-electron chi connectivity index (χ4n) is 3.22. The lowest BCUT2D eigenvalue weighted by atomic mass is 9.93. The Labute approximate surface area is 145 Å². The highest BCUT2D eigenvalue weighted by Crippen LogP contribution is 2.44. The van der Waals surface area contributed by atoms with Gasteiger partial charge in [-0.15, -0.1) is 0 Å². The van der Waals surface area contributed by atoms with Crippen molar-refractivity contribution in [1.29, 1.82) is 0 Å². The van der Waals surface area contributed by atoms with Gasteiger partial charge in [-0.1, -0.05) is 30.3 Å². The molecule has 1 aliphatic rings. The number of phenolic OH excluding ortho intramolecular Hbond substituents is 1. The Hall–Kier alpha value is -3.27. The molecule has 0 bridgehead atoms. The molecule has 0 unspecified atom stereocenters. The Morgan fingerprint density at radius 2 is 1.76 bits per heavy atom. The van der Waals surface area contributed by atoms with Gasteiger partial charge in [0.2, 0.25) is 0 Å². The lowest BCUT2D eigenvalue weighted by molar-refractivity contribution is -0.110. The number of amides is 1. The molecule has 4 heteroatoms. The van der Waals surface area contributed by atoms with Crippen molar-refractivity contribution < 1.29 is 9.90 Å². The molecule has 0 saturated heterocycles. The van der Waals surface area contributed by atoms with Crippen LogP contribution in [0.3, 0.4) is 0 Å². The van der Waals surface area contributed by atoms with Gasteiger partial charge in [-0.25, -0.2) is 0 Å². The normalized spacial score (nSPS) is 14.6. The van der Waals surface area contributed by atoms with E-state index in [4.69, 9.17) is 0 Å². The summed E-state index contributed by atoms with van der Waals surface area (Å²) in [6.07, 6.45) is 3.78. The number of nitrogens with one attached hydrogen (secondary N) is 2. The van der Waals surface area contributed by atoms with E-state index in [0.29, 0.717) is 16.8 Å². The zero-order valence-corrected chi connectivity index (χ0v) is 14.1. The van der Waals surface area contributed by atoms with Gasteiger partial charge >= 0.3 is 0 Å². The first-order chi connectivity index (χ1) is 12.1. The van der Waals surface area contributed by atoms with E-state index in [9.17, 15) is 9.90 Å². The summed E-state index contributed by atoms with van der Waals surface area (Å²) >= 11 is 0. The third kappa shape index (κ3) is 2.43. The number of fused-ring (bicyclic) bond motifs is 1. The number of aromatic nitrogens is 1. The lowest BCUT2D eigenvalue weighted by Gasteiger charge is -2.11. The Morgan fingerprint density at radius 3 is 2.44 bits per heavy atom. The first kappa shape index (κ1) is 15.3. The molecule has 1 aromatic heterocycles. The smallest absolute Gasteiger partial charge is 0.256 e. The Bertz CT molecular complexity index is 1010. The van der Waals surface area contributed by atoms with Gasteiger partial charge in [0.25, 0.3) is 5.91 Å². The molecule has 0 radical (unpaired) electrons. The van der Waals surface area contributed by atoms with Crippen LogP contribution < -0.4 is 5.32 Å². The van der Waals surface area contributed by atoms with Gasteiger partial charge in [0, 0.05) is 28.7 Å². The third-order valence-corrected chi connectivity index (χ3v) is 4.74. The second-order valence-corrected chi connectivity index (χ2v) is 6.27. The maximum absolute atomic E-state index is 12.6. The summed E-state index contributed by atoms with van der Waals surface area (Å²) in [4.78, 5) is 15.8. The monoisotopic (exact) mass is 330 g/mol. The average Bonchev–Trinajstić information content (AvgIpc) is 3.10. The maximum atomic E-state index is 12.6. The van der Waals surface area contributed by atoms with Crippen molar-refractivity contribution in [1.82, 2.24) is 4.98 Å². The number of aromatic amines is 1. The van der Waals surface area contributed by atoms with Crippen LogP contribution in [-0.4, -0.2) is 16.0 Å². The van der Waals surface area contributed by atoms with Crippen LogP contribution >= 0.6 is 0 Å². The number of hydrogen-bond acceptors (Lipinski definition) is 2. The predicted octanol–water partition coefficient (Wildman–Crippen LogP) is 4.50. The minimum atomic E-state index is -0.163. The van der Waals surface area contributed by atoms with Crippen LogP contribution in [0, 0.1) is 13.8 Å². The largest absolute Gasteiger partial charge is 0.507 e. The zero-order chi connectivity index (χ0) is 17.6. The number of anilines is 1. The molecule has 0 saturated carbocycles. The zero-order valence-electron chi connectivity index (χ0n) is 14.1. The lowest BCUT2D eigenvalue weighted by Crippen LogP contribution is -2.03. The number of rotatable bonds is 2. The molecule has 0 fully saturated rings. The van der Waals surface area contributed by atoms with E-state index in [-0.39, 0.29) is 11.7 Å². The van der Waals surface area contributed by atoms with E-state index >= 15 is 0 Å². The Kier molecular flexibility index (Phi) is 3.46.